The van der Waals surface area contributed by atoms with Crippen molar-refractivity contribution in [1.82, 2.24) is 4.57 Å². The number of hydrogen-bond donors (Lipinski definition) is 1. The Morgan fingerprint density at radius 1 is 1.25 bits per heavy atom. The van der Waals surface area contributed by atoms with E-state index in [1.807, 2.05) is 0 Å². The highest BCUT2D eigenvalue weighted by molar-refractivity contribution is 5.87. The van der Waals surface area contributed by atoms with E-state index in [0.29, 0.717) is 12.6 Å². The molecule has 0 bridgehead atoms. The van der Waals surface area contributed by atoms with Crippen LogP contribution in [0.5, 0.6) is 5.75 Å². The smallest absolute Gasteiger partial charge is 0.120 e. The van der Waals surface area contributed by atoms with Gasteiger partial charge < -0.3 is 15.0 Å². The molecule has 0 saturated heterocycles. The molecule has 20 heavy (non-hydrogen) atoms. The predicted octanol–water partition coefficient (Wildman–Crippen LogP) is 4.17. The van der Waals surface area contributed by atoms with Gasteiger partial charge in [-0.25, -0.2) is 0 Å². The topological polar surface area (TPSA) is 40.2 Å². The van der Waals surface area contributed by atoms with Gasteiger partial charge in [-0.15, -0.1) is 0 Å². The van der Waals surface area contributed by atoms with Gasteiger partial charge in [0.15, 0.2) is 0 Å². The van der Waals surface area contributed by atoms with Crippen LogP contribution in [0.4, 0.5) is 0 Å². The molecule has 0 spiro atoms. The summed E-state index contributed by atoms with van der Waals surface area (Å²) in [6, 6.07) is 6.78. The number of benzene rings is 1. The zero-order valence-electron chi connectivity index (χ0n) is 13.2. The summed E-state index contributed by atoms with van der Waals surface area (Å²) in [7, 11) is 0. The number of nitrogens with zero attached hydrogens (tertiary/aromatic N) is 1. The molecular weight excluding hydrogens is 248 g/mol. The van der Waals surface area contributed by atoms with Crippen molar-refractivity contribution >= 4 is 10.9 Å². The monoisotopic (exact) mass is 274 g/mol. The fourth-order valence-electron chi connectivity index (χ4n) is 2.80. The van der Waals surface area contributed by atoms with Crippen LogP contribution in [0.1, 0.15) is 51.4 Å². The Morgan fingerprint density at radius 2 is 1.95 bits per heavy atom. The molecule has 0 radical (unpaired) electrons. The maximum absolute atomic E-state index is 5.95. The molecule has 1 aromatic heterocycles. The minimum atomic E-state index is 0.238. The quantitative estimate of drug-likeness (QED) is 0.889. The second kappa shape index (κ2) is 5.88. The highest BCUT2D eigenvalue weighted by Gasteiger charge is 2.15. The fourth-order valence-corrected chi connectivity index (χ4v) is 2.80. The first kappa shape index (κ1) is 14.9. The minimum absolute atomic E-state index is 0.238. The second-order valence-corrected chi connectivity index (χ2v) is 5.75. The van der Waals surface area contributed by atoms with Crippen molar-refractivity contribution in [1.29, 1.82) is 0 Å². The molecule has 3 nitrogen and oxygen atoms in total. The maximum Gasteiger partial charge on any atom is 0.120 e. The lowest BCUT2D eigenvalue weighted by Gasteiger charge is -2.14. The Labute approximate surface area is 121 Å². The van der Waals surface area contributed by atoms with Crippen molar-refractivity contribution < 1.29 is 4.74 Å². The van der Waals surface area contributed by atoms with Crippen molar-refractivity contribution in [2.75, 3.05) is 0 Å². The van der Waals surface area contributed by atoms with Gasteiger partial charge in [0.25, 0.3) is 0 Å². The number of aromatic nitrogens is 1. The van der Waals surface area contributed by atoms with Crippen LogP contribution in [0.2, 0.25) is 0 Å². The van der Waals surface area contributed by atoms with Gasteiger partial charge in [0.1, 0.15) is 5.75 Å². The summed E-state index contributed by atoms with van der Waals surface area (Å²) in [5.74, 6) is 0.933. The molecule has 2 N–H and O–H groups in total. The maximum atomic E-state index is 5.95. The summed E-state index contributed by atoms with van der Waals surface area (Å²) >= 11 is 0. The van der Waals surface area contributed by atoms with Crippen LogP contribution in [0.3, 0.4) is 0 Å². The number of nitrogens with two attached hydrogens (primary N) is 1. The molecule has 1 atom stereocenters. The summed E-state index contributed by atoms with van der Waals surface area (Å²) in [5, 5.41) is 1.22. The molecule has 1 heterocycles. The van der Waals surface area contributed by atoms with Gasteiger partial charge in [-0.1, -0.05) is 6.92 Å². The molecule has 2 rings (SSSR count). The molecule has 0 fully saturated rings. The lowest BCUT2D eigenvalue weighted by molar-refractivity contribution is 0.217. The first-order valence-electron chi connectivity index (χ1n) is 7.49. The third-order valence-electron chi connectivity index (χ3n) is 3.98. The Morgan fingerprint density at radius 3 is 2.50 bits per heavy atom. The van der Waals surface area contributed by atoms with Crippen molar-refractivity contribution in [2.45, 2.75) is 59.7 Å². The average Bonchev–Trinajstić information content (AvgIpc) is 2.69. The van der Waals surface area contributed by atoms with Crippen molar-refractivity contribution in [2.24, 2.45) is 5.73 Å². The molecule has 110 valence electrons. The number of hydrogen-bond acceptors (Lipinski definition) is 2. The van der Waals surface area contributed by atoms with Crippen LogP contribution in [0, 0.1) is 6.92 Å². The lowest BCUT2D eigenvalue weighted by Crippen LogP contribution is -2.09. The minimum Gasteiger partial charge on any atom is -0.491 e. The predicted molar refractivity (Wildman–Crippen MR) is 85.3 cm³/mol. The second-order valence-electron chi connectivity index (χ2n) is 5.75. The lowest BCUT2D eigenvalue weighted by atomic mass is 10.1. The molecule has 1 aromatic carbocycles. The van der Waals surface area contributed by atoms with Crippen molar-refractivity contribution in [3.63, 3.8) is 0 Å². The van der Waals surface area contributed by atoms with E-state index in [-0.39, 0.29) is 6.10 Å². The largest absolute Gasteiger partial charge is 0.491 e. The number of rotatable bonds is 5. The van der Waals surface area contributed by atoms with Crippen LogP contribution in [-0.4, -0.2) is 10.7 Å². The van der Waals surface area contributed by atoms with Gasteiger partial charge in [0, 0.05) is 29.2 Å². The summed E-state index contributed by atoms with van der Waals surface area (Å²) in [6.07, 6.45) is 1.25. The fraction of sp³-hybridized carbons (Fsp3) is 0.529. The van der Waals surface area contributed by atoms with E-state index >= 15 is 0 Å². The molecular formula is C17H26N2O. The summed E-state index contributed by atoms with van der Waals surface area (Å²) in [6.45, 7) is 11.4. The first-order chi connectivity index (χ1) is 9.49. The average molecular weight is 274 g/mol. The zero-order chi connectivity index (χ0) is 14.9. The SMILES string of the molecule is CCC(C)Oc1ccc2c(c1)c(CN)c(C)n2C(C)C. The van der Waals surface area contributed by atoms with Crippen LogP contribution in [0.25, 0.3) is 10.9 Å². The van der Waals surface area contributed by atoms with E-state index in [1.54, 1.807) is 0 Å². The Balaban J connectivity index is 2.57. The summed E-state index contributed by atoms with van der Waals surface area (Å²) in [5.41, 5.74) is 9.69. The van der Waals surface area contributed by atoms with Crippen molar-refractivity contribution in [3.05, 3.63) is 29.5 Å². The molecule has 0 saturated carbocycles. The van der Waals surface area contributed by atoms with Gasteiger partial charge in [-0.2, -0.15) is 0 Å². The number of fused-ring (bicyclic) bond motifs is 1. The van der Waals surface area contributed by atoms with Crippen LogP contribution < -0.4 is 10.5 Å². The van der Waals surface area contributed by atoms with Crippen LogP contribution in [0.15, 0.2) is 18.2 Å². The van der Waals surface area contributed by atoms with E-state index in [1.165, 1.54) is 22.2 Å². The normalized spacial score (nSPS) is 13.2. The molecule has 0 aliphatic rings. The van der Waals surface area contributed by atoms with E-state index < -0.39 is 0 Å². The Hall–Kier alpha value is -1.48. The van der Waals surface area contributed by atoms with Gasteiger partial charge in [0.05, 0.1) is 6.10 Å². The molecule has 0 aliphatic carbocycles. The van der Waals surface area contributed by atoms with Crippen LogP contribution >= 0.6 is 0 Å². The zero-order valence-corrected chi connectivity index (χ0v) is 13.2. The van der Waals surface area contributed by atoms with Crippen molar-refractivity contribution in [3.8, 4) is 5.75 Å². The molecule has 2 aromatic rings. The highest BCUT2D eigenvalue weighted by atomic mass is 16.5. The van der Waals surface area contributed by atoms with E-state index in [4.69, 9.17) is 10.5 Å². The molecule has 0 aliphatic heterocycles. The third-order valence-corrected chi connectivity index (χ3v) is 3.98. The molecule has 1 unspecified atom stereocenters. The first-order valence-corrected chi connectivity index (χ1v) is 7.49. The van der Waals surface area contributed by atoms with E-state index in [0.717, 1.165) is 12.2 Å². The standard InChI is InChI=1S/C17H26N2O/c1-6-12(4)20-14-7-8-17-15(9-14)16(10-18)13(5)19(17)11(2)3/h7-9,11-12H,6,10,18H2,1-5H3. The van der Waals surface area contributed by atoms with Gasteiger partial charge >= 0.3 is 0 Å². The van der Waals surface area contributed by atoms with E-state index in [2.05, 4.69) is 57.4 Å². The Bertz CT molecular complexity index is 599. The molecule has 3 heteroatoms. The highest BCUT2D eigenvalue weighted by Crippen LogP contribution is 2.32. The number of ether oxygens (including phenoxy) is 1. The Kier molecular flexibility index (Phi) is 4.39. The van der Waals surface area contributed by atoms with Crippen LogP contribution in [-0.2, 0) is 6.54 Å². The molecule has 0 amide bonds. The van der Waals surface area contributed by atoms with Gasteiger partial charge in [-0.05, 0) is 57.9 Å². The van der Waals surface area contributed by atoms with Gasteiger partial charge in [0.2, 0.25) is 0 Å². The third kappa shape index (κ3) is 2.55. The summed E-state index contributed by atoms with van der Waals surface area (Å²) < 4.78 is 8.28. The van der Waals surface area contributed by atoms with E-state index in [9.17, 15) is 0 Å². The van der Waals surface area contributed by atoms with Gasteiger partial charge in [-0.3, -0.25) is 0 Å². The summed E-state index contributed by atoms with van der Waals surface area (Å²) in [4.78, 5) is 0.